The summed E-state index contributed by atoms with van der Waals surface area (Å²) in [5.74, 6) is -0.264. The number of carbonyl (C=O) groups excluding carboxylic acids is 1. The van der Waals surface area contributed by atoms with Crippen molar-refractivity contribution in [1.29, 1.82) is 0 Å². The Balaban J connectivity index is 2.27. The highest BCUT2D eigenvalue weighted by molar-refractivity contribution is 6.03. The van der Waals surface area contributed by atoms with Gasteiger partial charge in [-0.15, -0.1) is 0 Å². The molecule has 0 spiro atoms. The number of benzene rings is 1. The standard InChI is InChI=1S/C12H13FN4O/c1-7-4-5-10(13)9(6-7)11(18)15-12-14-8(2)16-17(12)3/h4-6H,1-3H3,(H,14,15,16,18). The van der Waals surface area contributed by atoms with E-state index < -0.39 is 11.7 Å². The third-order valence-corrected chi connectivity index (χ3v) is 2.46. The monoisotopic (exact) mass is 248 g/mol. The molecule has 0 fully saturated rings. The van der Waals surface area contributed by atoms with E-state index in [0.29, 0.717) is 11.8 Å². The molecule has 0 atom stereocenters. The Morgan fingerprint density at radius 2 is 2.11 bits per heavy atom. The number of anilines is 1. The number of amides is 1. The molecule has 94 valence electrons. The van der Waals surface area contributed by atoms with Crippen molar-refractivity contribution in [2.24, 2.45) is 7.05 Å². The van der Waals surface area contributed by atoms with Crippen molar-refractivity contribution in [3.63, 3.8) is 0 Å². The minimum atomic E-state index is -0.558. The second-order valence-electron chi connectivity index (χ2n) is 4.04. The van der Waals surface area contributed by atoms with Crippen LogP contribution in [-0.4, -0.2) is 20.7 Å². The van der Waals surface area contributed by atoms with Crippen molar-refractivity contribution in [3.8, 4) is 0 Å². The van der Waals surface area contributed by atoms with E-state index in [-0.39, 0.29) is 5.56 Å². The predicted molar refractivity (Wildman–Crippen MR) is 64.8 cm³/mol. The van der Waals surface area contributed by atoms with Gasteiger partial charge in [-0.25, -0.2) is 9.07 Å². The van der Waals surface area contributed by atoms with Gasteiger partial charge in [-0.3, -0.25) is 10.1 Å². The Morgan fingerprint density at radius 1 is 1.39 bits per heavy atom. The number of carbonyl (C=O) groups is 1. The zero-order valence-corrected chi connectivity index (χ0v) is 10.4. The molecule has 0 radical (unpaired) electrons. The molecule has 2 rings (SSSR count). The van der Waals surface area contributed by atoms with Gasteiger partial charge < -0.3 is 0 Å². The maximum absolute atomic E-state index is 13.5. The van der Waals surface area contributed by atoms with Crippen LogP contribution in [0.2, 0.25) is 0 Å². The van der Waals surface area contributed by atoms with Crippen molar-refractivity contribution >= 4 is 11.9 Å². The fraction of sp³-hybridized carbons (Fsp3) is 0.250. The number of aromatic nitrogens is 3. The number of hydrogen-bond acceptors (Lipinski definition) is 3. The summed E-state index contributed by atoms with van der Waals surface area (Å²) in [5, 5.41) is 6.52. The van der Waals surface area contributed by atoms with Crippen LogP contribution in [0.25, 0.3) is 0 Å². The highest BCUT2D eigenvalue weighted by atomic mass is 19.1. The molecule has 0 saturated carbocycles. The average Bonchev–Trinajstić information content (AvgIpc) is 2.61. The van der Waals surface area contributed by atoms with Crippen LogP contribution in [0, 0.1) is 19.7 Å². The molecule has 0 bridgehead atoms. The van der Waals surface area contributed by atoms with E-state index in [1.54, 1.807) is 27.0 Å². The Bertz CT molecular complexity index is 606. The van der Waals surface area contributed by atoms with Gasteiger partial charge in [0.2, 0.25) is 5.95 Å². The second kappa shape index (κ2) is 4.56. The van der Waals surface area contributed by atoms with Crippen LogP contribution >= 0.6 is 0 Å². The molecular formula is C12H13FN4O. The lowest BCUT2D eigenvalue weighted by molar-refractivity contribution is 0.102. The van der Waals surface area contributed by atoms with Crippen molar-refractivity contribution in [2.75, 3.05) is 5.32 Å². The smallest absolute Gasteiger partial charge is 0.260 e. The van der Waals surface area contributed by atoms with Crippen LogP contribution in [0.15, 0.2) is 18.2 Å². The molecule has 1 N–H and O–H groups in total. The molecule has 0 unspecified atom stereocenters. The normalized spacial score (nSPS) is 10.4. The van der Waals surface area contributed by atoms with Crippen LogP contribution in [0.3, 0.4) is 0 Å². The molecule has 1 aromatic heterocycles. The highest BCUT2D eigenvalue weighted by Gasteiger charge is 2.14. The summed E-state index contributed by atoms with van der Waals surface area (Å²) < 4.78 is 15.0. The summed E-state index contributed by atoms with van der Waals surface area (Å²) >= 11 is 0. The van der Waals surface area contributed by atoms with Crippen LogP contribution in [0.4, 0.5) is 10.3 Å². The predicted octanol–water partition coefficient (Wildman–Crippen LogP) is 1.82. The minimum Gasteiger partial charge on any atom is -0.291 e. The van der Waals surface area contributed by atoms with E-state index in [1.807, 2.05) is 0 Å². The Labute approximate surface area is 104 Å². The molecule has 18 heavy (non-hydrogen) atoms. The molecule has 1 aromatic carbocycles. The lowest BCUT2D eigenvalue weighted by atomic mass is 10.1. The van der Waals surface area contributed by atoms with Gasteiger partial charge in [0, 0.05) is 7.05 Å². The SMILES string of the molecule is Cc1ccc(F)c(C(=O)Nc2nc(C)nn2C)c1. The van der Waals surface area contributed by atoms with E-state index in [1.165, 1.54) is 16.8 Å². The van der Waals surface area contributed by atoms with Crippen molar-refractivity contribution in [3.05, 3.63) is 41.0 Å². The topological polar surface area (TPSA) is 59.8 Å². The van der Waals surface area contributed by atoms with Gasteiger partial charge in [-0.1, -0.05) is 11.6 Å². The molecule has 0 aliphatic carbocycles. The van der Waals surface area contributed by atoms with E-state index in [9.17, 15) is 9.18 Å². The van der Waals surface area contributed by atoms with Crippen molar-refractivity contribution in [2.45, 2.75) is 13.8 Å². The van der Waals surface area contributed by atoms with Crippen LogP contribution in [-0.2, 0) is 7.05 Å². The number of nitrogens with one attached hydrogen (secondary N) is 1. The summed E-state index contributed by atoms with van der Waals surface area (Å²) in [4.78, 5) is 15.9. The molecule has 2 aromatic rings. The van der Waals surface area contributed by atoms with Gasteiger partial charge in [-0.05, 0) is 26.0 Å². The van der Waals surface area contributed by atoms with Gasteiger partial charge in [0.15, 0.2) is 0 Å². The summed E-state index contributed by atoms with van der Waals surface area (Å²) in [6.45, 7) is 3.51. The lowest BCUT2D eigenvalue weighted by Crippen LogP contribution is -2.17. The number of hydrogen-bond donors (Lipinski definition) is 1. The van der Waals surface area contributed by atoms with E-state index in [2.05, 4.69) is 15.4 Å². The summed E-state index contributed by atoms with van der Waals surface area (Å²) in [6.07, 6.45) is 0. The lowest BCUT2D eigenvalue weighted by Gasteiger charge is -2.05. The van der Waals surface area contributed by atoms with Crippen LogP contribution in [0.1, 0.15) is 21.7 Å². The molecule has 0 aliphatic heterocycles. The average molecular weight is 248 g/mol. The van der Waals surface area contributed by atoms with Crippen molar-refractivity contribution in [1.82, 2.24) is 14.8 Å². The third kappa shape index (κ3) is 2.37. The second-order valence-corrected chi connectivity index (χ2v) is 4.04. The summed E-state index contributed by atoms with van der Waals surface area (Å²) in [5.41, 5.74) is 0.811. The Morgan fingerprint density at radius 3 is 2.72 bits per heavy atom. The van der Waals surface area contributed by atoms with Crippen molar-refractivity contribution < 1.29 is 9.18 Å². The molecular weight excluding hydrogens is 235 g/mol. The number of halogens is 1. The van der Waals surface area contributed by atoms with E-state index >= 15 is 0 Å². The fourth-order valence-electron chi connectivity index (χ4n) is 1.60. The van der Waals surface area contributed by atoms with Gasteiger partial charge in [-0.2, -0.15) is 10.1 Å². The number of rotatable bonds is 2. The Kier molecular flexibility index (Phi) is 3.10. The van der Waals surface area contributed by atoms with Crippen LogP contribution in [0.5, 0.6) is 0 Å². The maximum atomic E-state index is 13.5. The van der Waals surface area contributed by atoms with Gasteiger partial charge in [0.05, 0.1) is 5.56 Å². The zero-order valence-electron chi connectivity index (χ0n) is 10.4. The van der Waals surface area contributed by atoms with Gasteiger partial charge >= 0.3 is 0 Å². The molecule has 5 nitrogen and oxygen atoms in total. The molecule has 1 amide bonds. The first-order chi connectivity index (χ1) is 8.47. The van der Waals surface area contributed by atoms with Crippen LogP contribution < -0.4 is 5.32 Å². The quantitative estimate of drug-likeness (QED) is 0.881. The van der Waals surface area contributed by atoms with E-state index in [4.69, 9.17) is 0 Å². The molecule has 0 saturated heterocycles. The first-order valence-corrected chi connectivity index (χ1v) is 5.42. The Hall–Kier alpha value is -2.24. The summed E-state index contributed by atoms with van der Waals surface area (Å²) in [7, 11) is 1.65. The number of aryl methyl sites for hydroxylation is 3. The van der Waals surface area contributed by atoms with Gasteiger partial charge in [0.25, 0.3) is 5.91 Å². The third-order valence-electron chi connectivity index (χ3n) is 2.46. The first kappa shape index (κ1) is 12.2. The summed E-state index contributed by atoms with van der Waals surface area (Å²) in [6, 6.07) is 4.37. The number of nitrogens with zero attached hydrogens (tertiary/aromatic N) is 3. The van der Waals surface area contributed by atoms with Gasteiger partial charge in [0.1, 0.15) is 11.6 Å². The molecule has 6 heteroatoms. The molecule has 1 heterocycles. The maximum Gasteiger partial charge on any atom is 0.260 e. The first-order valence-electron chi connectivity index (χ1n) is 5.42. The molecule has 0 aliphatic rings. The van der Waals surface area contributed by atoms with E-state index in [0.717, 1.165) is 5.56 Å². The minimum absolute atomic E-state index is 0.00402. The largest absolute Gasteiger partial charge is 0.291 e. The zero-order chi connectivity index (χ0) is 13.3. The fourth-order valence-corrected chi connectivity index (χ4v) is 1.60. The highest BCUT2D eigenvalue weighted by Crippen LogP contribution is 2.12.